The van der Waals surface area contributed by atoms with Gasteiger partial charge in [-0.15, -0.1) is 5.10 Å². The molecule has 1 aromatic rings. The molecule has 5 nitrogen and oxygen atoms in total. The predicted molar refractivity (Wildman–Crippen MR) is 54.5 cm³/mol. The predicted octanol–water partition coefficient (Wildman–Crippen LogP) is 1.46. The third-order valence-corrected chi connectivity index (χ3v) is 2.41. The van der Waals surface area contributed by atoms with E-state index in [0.29, 0.717) is 18.3 Å². The molecule has 0 aromatic carbocycles. The van der Waals surface area contributed by atoms with Crippen molar-refractivity contribution in [3.05, 3.63) is 18.3 Å². The minimum atomic E-state index is -0.339. The van der Waals surface area contributed by atoms with Crippen LogP contribution >= 0.6 is 0 Å². The van der Waals surface area contributed by atoms with Gasteiger partial charge in [-0.25, -0.2) is 4.79 Å². The highest BCUT2D eigenvalue weighted by Crippen LogP contribution is 2.22. The van der Waals surface area contributed by atoms with Crippen LogP contribution in [0.2, 0.25) is 0 Å². The summed E-state index contributed by atoms with van der Waals surface area (Å²) in [6, 6.07) is 3.50. The number of cyclic esters (lactones) is 1. The summed E-state index contributed by atoms with van der Waals surface area (Å²) < 4.78 is 5.21. The molecule has 1 aromatic heterocycles. The van der Waals surface area contributed by atoms with Gasteiger partial charge in [0.05, 0.1) is 6.54 Å². The first-order valence-corrected chi connectivity index (χ1v) is 4.94. The number of hydrogen-bond acceptors (Lipinski definition) is 4. The van der Waals surface area contributed by atoms with Gasteiger partial charge in [-0.3, -0.25) is 4.90 Å². The Balaban J connectivity index is 2.16. The average molecular weight is 207 g/mol. The van der Waals surface area contributed by atoms with Gasteiger partial charge in [-0.05, 0) is 18.1 Å². The summed E-state index contributed by atoms with van der Waals surface area (Å²) in [4.78, 5) is 13.0. The molecule has 0 spiro atoms. The van der Waals surface area contributed by atoms with E-state index in [9.17, 15) is 4.79 Å². The summed E-state index contributed by atoms with van der Waals surface area (Å²) >= 11 is 0. The summed E-state index contributed by atoms with van der Waals surface area (Å²) in [5.74, 6) is 0.862. The fourth-order valence-electron chi connectivity index (χ4n) is 1.46. The standard InChI is InChI=1S/C10H13N3O2/c1-7(2)8-6-13(10(14)15-8)9-4-3-5-11-12-9/h3-5,7-8H,6H2,1-2H3/t8-/m1/s1. The van der Waals surface area contributed by atoms with E-state index in [1.807, 2.05) is 13.8 Å². The van der Waals surface area contributed by atoms with Crippen molar-refractivity contribution >= 4 is 11.9 Å². The number of amides is 1. The number of anilines is 1. The summed E-state index contributed by atoms with van der Waals surface area (Å²) in [5, 5.41) is 7.61. The van der Waals surface area contributed by atoms with Gasteiger partial charge in [0.1, 0.15) is 6.10 Å². The molecule has 0 N–H and O–H groups in total. The second kappa shape index (κ2) is 3.84. The molecular weight excluding hydrogens is 194 g/mol. The lowest BCUT2D eigenvalue weighted by Gasteiger charge is -2.12. The summed E-state index contributed by atoms with van der Waals surface area (Å²) in [7, 11) is 0. The quantitative estimate of drug-likeness (QED) is 0.736. The van der Waals surface area contributed by atoms with Crippen LogP contribution in [-0.2, 0) is 4.74 Å². The maximum Gasteiger partial charge on any atom is 0.416 e. The van der Waals surface area contributed by atoms with Crippen LogP contribution < -0.4 is 4.90 Å². The third-order valence-electron chi connectivity index (χ3n) is 2.41. The highest BCUT2D eigenvalue weighted by molar-refractivity contribution is 5.88. The minimum Gasteiger partial charge on any atom is -0.444 e. The maximum absolute atomic E-state index is 11.5. The van der Waals surface area contributed by atoms with Gasteiger partial charge in [-0.2, -0.15) is 5.10 Å². The number of ether oxygens (including phenoxy) is 1. The van der Waals surface area contributed by atoms with Crippen molar-refractivity contribution < 1.29 is 9.53 Å². The molecule has 0 saturated carbocycles. The second-order valence-corrected chi connectivity index (χ2v) is 3.86. The molecule has 1 amide bonds. The molecule has 80 valence electrons. The number of nitrogens with zero attached hydrogens (tertiary/aromatic N) is 3. The number of carbonyl (C=O) groups excluding carboxylic acids is 1. The van der Waals surface area contributed by atoms with Crippen LogP contribution in [0.3, 0.4) is 0 Å². The van der Waals surface area contributed by atoms with Crippen LogP contribution in [0.4, 0.5) is 10.6 Å². The Morgan fingerprint density at radius 1 is 1.60 bits per heavy atom. The molecule has 1 aliphatic heterocycles. The van der Waals surface area contributed by atoms with E-state index >= 15 is 0 Å². The van der Waals surface area contributed by atoms with E-state index in [1.165, 1.54) is 4.90 Å². The van der Waals surface area contributed by atoms with Crippen LogP contribution in [0.5, 0.6) is 0 Å². The van der Waals surface area contributed by atoms with E-state index in [4.69, 9.17) is 4.74 Å². The molecule has 1 fully saturated rings. The van der Waals surface area contributed by atoms with Crippen molar-refractivity contribution in [2.75, 3.05) is 11.4 Å². The Hall–Kier alpha value is -1.65. The highest BCUT2D eigenvalue weighted by Gasteiger charge is 2.34. The van der Waals surface area contributed by atoms with Crippen molar-refractivity contribution in [2.45, 2.75) is 20.0 Å². The van der Waals surface area contributed by atoms with Gasteiger partial charge >= 0.3 is 6.09 Å². The van der Waals surface area contributed by atoms with Gasteiger partial charge in [-0.1, -0.05) is 13.8 Å². The lowest BCUT2D eigenvalue weighted by atomic mass is 10.1. The van der Waals surface area contributed by atoms with Gasteiger partial charge in [0.2, 0.25) is 0 Å². The van der Waals surface area contributed by atoms with E-state index in [-0.39, 0.29) is 12.2 Å². The lowest BCUT2D eigenvalue weighted by molar-refractivity contribution is 0.116. The molecule has 1 atom stereocenters. The lowest BCUT2D eigenvalue weighted by Crippen LogP contribution is -2.26. The molecule has 0 bridgehead atoms. The zero-order valence-corrected chi connectivity index (χ0v) is 8.75. The van der Waals surface area contributed by atoms with Crippen molar-refractivity contribution in [1.29, 1.82) is 0 Å². The molecule has 2 heterocycles. The second-order valence-electron chi connectivity index (χ2n) is 3.86. The highest BCUT2D eigenvalue weighted by atomic mass is 16.6. The third kappa shape index (κ3) is 1.91. The molecule has 0 radical (unpaired) electrons. The van der Waals surface area contributed by atoms with Crippen molar-refractivity contribution in [3.8, 4) is 0 Å². The number of carbonyl (C=O) groups is 1. The molecule has 5 heteroatoms. The van der Waals surface area contributed by atoms with Crippen LogP contribution in [-0.4, -0.2) is 28.9 Å². The Labute approximate surface area is 88.1 Å². The first-order valence-electron chi connectivity index (χ1n) is 4.94. The van der Waals surface area contributed by atoms with Gasteiger partial charge in [0.25, 0.3) is 0 Å². The molecule has 1 saturated heterocycles. The summed E-state index contributed by atoms with van der Waals surface area (Å²) in [5.41, 5.74) is 0. The van der Waals surface area contributed by atoms with Gasteiger partial charge in [0, 0.05) is 6.20 Å². The topological polar surface area (TPSA) is 55.3 Å². The molecule has 2 rings (SSSR count). The number of rotatable bonds is 2. The molecule has 1 aliphatic rings. The average Bonchev–Trinajstić information content (AvgIpc) is 2.62. The molecule has 15 heavy (non-hydrogen) atoms. The first-order chi connectivity index (χ1) is 7.18. The van der Waals surface area contributed by atoms with Gasteiger partial charge < -0.3 is 4.74 Å². The van der Waals surface area contributed by atoms with Crippen LogP contribution in [0.1, 0.15) is 13.8 Å². The number of hydrogen-bond donors (Lipinski definition) is 0. The number of aromatic nitrogens is 2. The van der Waals surface area contributed by atoms with E-state index in [1.54, 1.807) is 18.3 Å². The fraction of sp³-hybridized carbons (Fsp3) is 0.500. The molecule has 0 aliphatic carbocycles. The Morgan fingerprint density at radius 3 is 2.93 bits per heavy atom. The Morgan fingerprint density at radius 2 is 2.40 bits per heavy atom. The Kier molecular flexibility index (Phi) is 2.53. The monoisotopic (exact) mass is 207 g/mol. The normalized spacial score (nSPS) is 20.9. The van der Waals surface area contributed by atoms with Crippen molar-refractivity contribution in [3.63, 3.8) is 0 Å². The van der Waals surface area contributed by atoms with E-state index in [2.05, 4.69) is 10.2 Å². The summed E-state index contributed by atoms with van der Waals surface area (Å²) in [6.07, 6.45) is 1.18. The fourth-order valence-corrected chi connectivity index (χ4v) is 1.46. The van der Waals surface area contributed by atoms with Crippen molar-refractivity contribution in [2.24, 2.45) is 5.92 Å². The molecular formula is C10H13N3O2. The summed E-state index contributed by atoms with van der Waals surface area (Å²) in [6.45, 7) is 4.60. The van der Waals surface area contributed by atoms with Gasteiger partial charge in [0.15, 0.2) is 5.82 Å². The van der Waals surface area contributed by atoms with E-state index in [0.717, 1.165) is 0 Å². The largest absolute Gasteiger partial charge is 0.444 e. The minimum absolute atomic E-state index is 0.0560. The Bertz CT molecular complexity index is 353. The van der Waals surface area contributed by atoms with E-state index < -0.39 is 0 Å². The zero-order valence-electron chi connectivity index (χ0n) is 8.75. The maximum atomic E-state index is 11.5. The smallest absolute Gasteiger partial charge is 0.416 e. The zero-order chi connectivity index (χ0) is 10.8. The first kappa shape index (κ1) is 9.89. The van der Waals surface area contributed by atoms with Crippen LogP contribution in [0, 0.1) is 5.92 Å². The molecule has 0 unspecified atom stereocenters. The van der Waals surface area contributed by atoms with Crippen molar-refractivity contribution in [1.82, 2.24) is 10.2 Å². The van der Waals surface area contributed by atoms with Crippen LogP contribution in [0.15, 0.2) is 18.3 Å². The van der Waals surface area contributed by atoms with Crippen LogP contribution in [0.25, 0.3) is 0 Å². The SMILES string of the molecule is CC(C)[C@H]1CN(c2cccnn2)C(=O)O1.